The van der Waals surface area contributed by atoms with Crippen molar-refractivity contribution in [1.82, 2.24) is 4.90 Å². The van der Waals surface area contributed by atoms with Crippen LogP contribution in [0.1, 0.15) is 32.6 Å². The maximum absolute atomic E-state index is 8.92. The van der Waals surface area contributed by atoms with Crippen LogP contribution in [0.5, 0.6) is 0 Å². The van der Waals surface area contributed by atoms with E-state index in [4.69, 9.17) is 5.21 Å². The first-order valence-corrected chi connectivity index (χ1v) is 5.36. The highest BCUT2D eigenvalue weighted by molar-refractivity contribution is 6.00. The molecule has 1 aliphatic heterocycles. The van der Waals surface area contributed by atoms with Crippen molar-refractivity contribution in [3.8, 4) is 0 Å². The first kappa shape index (κ1) is 11.2. The maximum Gasteiger partial charge on any atom is 0.0837 e. The molecule has 0 saturated heterocycles. The van der Waals surface area contributed by atoms with Crippen LogP contribution in [0, 0.1) is 0 Å². The Bertz CT molecular complexity index is 233. The summed E-state index contributed by atoms with van der Waals surface area (Å²) in [5.41, 5.74) is 2.08. The lowest BCUT2D eigenvalue weighted by Crippen LogP contribution is -2.28. The lowest BCUT2D eigenvalue weighted by atomic mass is 10.0. The zero-order chi connectivity index (χ0) is 10.4. The van der Waals surface area contributed by atoms with Gasteiger partial charge in [0.25, 0.3) is 0 Å². The van der Waals surface area contributed by atoms with E-state index in [1.54, 1.807) is 0 Å². The standard InChI is InChI=1S/C11H20N2O/c1-3-4-7-11(12-14)10-6-5-8-13(2)9-10/h6,14H,3-5,7-9H2,1-2H3/b12-11+. The molecule has 3 nitrogen and oxygen atoms in total. The molecule has 0 amide bonds. The van der Waals surface area contributed by atoms with Crippen LogP contribution in [0.25, 0.3) is 0 Å². The fourth-order valence-electron chi connectivity index (χ4n) is 1.72. The zero-order valence-corrected chi connectivity index (χ0v) is 9.16. The Hall–Kier alpha value is -0.830. The van der Waals surface area contributed by atoms with Crippen molar-refractivity contribution in [2.45, 2.75) is 32.6 Å². The maximum atomic E-state index is 8.92. The second-order valence-corrected chi connectivity index (χ2v) is 3.91. The van der Waals surface area contributed by atoms with E-state index in [1.807, 2.05) is 0 Å². The number of nitrogens with zero attached hydrogens (tertiary/aromatic N) is 2. The Kier molecular flexibility index (Phi) is 4.66. The molecule has 0 aliphatic carbocycles. The Morgan fingerprint density at radius 1 is 1.64 bits per heavy atom. The lowest BCUT2D eigenvalue weighted by Gasteiger charge is -2.23. The van der Waals surface area contributed by atoms with Gasteiger partial charge in [-0.15, -0.1) is 0 Å². The molecule has 14 heavy (non-hydrogen) atoms. The third-order valence-electron chi connectivity index (χ3n) is 2.60. The molecule has 0 aromatic rings. The number of unbranched alkanes of at least 4 members (excludes halogenated alkanes) is 1. The van der Waals surface area contributed by atoms with Gasteiger partial charge in [0.15, 0.2) is 0 Å². The molecule has 0 unspecified atom stereocenters. The van der Waals surface area contributed by atoms with Crippen LogP contribution in [0.4, 0.5) is 0 Å². The van der Waals surface area contributed by atoms with Gasteiger partial charge in [-0.25, -0.2) is 0 Å². The SMILES string of the molecule is CCCC/C(=N\O)C1=CCCN(C)C1. The van der Waals surface area contributed by atoms with Gasteiger partial charge < -0.3 is 10.1 Å². The van der Waals surface area contributed by atoms with Crippen LogP contribution in [0.2, 0.25) is 0 Å². The van der Waals surface area contributed by atoms with Gasteiger partial charge in [0.05, 0.1) is 5.71 Å². The summed E-state index contributed by atoms with van der Waals surface area (Å²) in [5.74, 6) is 0. The molecule has 1 N–H and O–H groups in total. The van der Waals surface area contributed by atoms with E-state index in [1.165, 1.54) is 5.57 Å². The summed E-state index contributed by atoms with van der Waals surface area (Å²) < 4.78 is 0. The summed E-state index contributed by atoms with van der Waals surface area (Å²) in [7, 11) is 2.10. The molecule has 1 rings (SSSR count). The molecule has 0 spiro atoms. The summed E-state index contributed by atoms with van der Waals surface area (Å²) in [6.07, 6.45) is 6.40. The second-order valence-electron chi connectivity index (χ2n) is 3.91. The third-order valence-corrected chi connectivity index (χ3v) is 2.60. The molecule has 1 aliphatic rings. The number of oxime groups is 1. The molecule has 0 saturated carbocycles. The van der Waals surface area contributed by atoms with Crippen molar-refractivity contribution in [2.24, 2.45) is 5.16 Å². The Balaban J connectivity index is 2.56. The van der Waals surface area contributed by atoms with Gasteiger partial charge in [-0.2, -0.15) is 0 Å². The summed E-state index contributed by atoms with van der Waals surface area (Å²) in [6, 6.07) is 0. The third kappa shape index (κ3) is 3.14. The predicted octanol–water partition coefficient (Wildman–Crippen LogP) is 2.27. The highest BCUT2D eigenvalue weighted by Crippen LogP contribution is 2.13. The van der Waals surface area contributed by atoms with Gasteiger partial charge in [-0.3, -0.25) is 0 Å². The van der Waals surface area contributed by atoms with Crippen molar-refractivity contribution >= 4 is 5.71 Å². The smallest absolute Gasteiger partial charge is 0.0837 e. The van der Waals surface area contributed by atoms with Crippen LogP contribution in [0.15, 0.2) is 16.8 Å². The fourth-order valence-corrected chi connectivity index (χ4v) is 1.72. The number of likely N-dealkylation sites (N-methyl/N-ethyl adjacent to an activating group) is 1. The molecular weight excluding hydrogens is 176 g/mol. The van der Waals surface area contributed by atoms with Gasteiger partial charge in [0, 0.05) is 13.1 Å². The first-order valence-electron chi connectivity index (χ1n) is 5.36. The van der Waals surface area contributed by atoms with E-state index in [0.29, 0.717) is 0 Å². The minimum Gasteiger partial charge on any atom is -0.411 e. The first-order chi connectivity index (χ1) is 6.77. The van der Waals surface area contributed by atoms with Gasteiger partial charge in [0.1, 0.15) is 0 Å². The molecule has 0 radical (unpaired) electrons. The van der Waals surface area contributed by atoms with Crippen molar-refractivity contribution in [2.75, 3.05) is 20.1 Å². The highest BCUT2D eigenvalue weighted by Gasteiger charge is 2.13. The monoisotopic (exact) mass is 196 g/mol. The van der Waals surface area contributed by atoms with E-state index >= 15 is 0 Å². The normalized spacial score (nSPS) is 19.6. The highest BCUT2D eigenvalue weighted by atomic mass is 16.4. The number of hydrogen-bond donors (Lipinski definition) is 1. The minimum atomic E-state index is 0.874. The Morgan fingerprint density at radius 3 is 3.00 bits per heavy atom. The molecule has 1 heterocycles. The lowest BCUT2D eigenvalue weighted by molar-refractivity contribution is 0.315. The molecule has 80 valence electrons. The van der Waals surface area contributed by atoms with E-state index in [2.05, 4.69) is 30.1 Å². The fraction of sp³-hybridized carbons (Fsp3) is 0.727. The van der Waals surface area contributed by atoms with Gasteiger partial charge in [-0.1, -0.05) is 24.6 Å². The van der Waals surface area contributed by atoms with Crippen molar-refractivity contribution in [1.29, 1.82) is 0 Å². The number of hydrogen-bond acceptors (Lipinski definition) is 3. The average Bonchev–Trinajstić information content (AvgIpc) is 2.19. The minimum absolute atomic E-state index is 0.874. The zero-order valence-electron chi connectivity index (χ0n) is 9.16. The quantitative estimate of drug-likeness (QED) is 0.425. The van der Waals surface area contributed by atoms with Gasteiger partial charge >= 0.3 is 0 Å². The van der Waals surface area contributed by atoms with Crippen molar-refractivity contribution in [3.05, 3.63) is 11.6 Å². The Morgan fingerprint density at radius 2 is 2.43 bits per heavy atom. The second kappa shape index (κ2) is 5.81. The van der Waals surface area contributed by atoms with Crippen LogP contribution >= 0.6 is 0 Å². The summed E-state index contributed by atoms with van der Waals surface area (Å²) in [5, 5.41) is 12.3. The summed E-state index contributed by atoms with van der Waals surface area (Å²) in [6.45, 7) is 4.18. The van der Waals surface area contributed by atoms with Crippen molar-refractivity contribution < 1.29 is 5.21 Å². The molecule has 0 aromatic carbocycles. The van der Waals surface area contributed by atoms with E-state index in [9.17, 15) is 0 Å². The van der Waals surface area contributed by atoms with Crippen LogP contribution < -0.4 is 0 Å². The Labute approximate surface area is 86.1 Å². The van der Waals surface area contributed by atoms with Crippen LogP contribution in [-0.4, -0.2) is 36.0 Å². The largest absolute Gasteiger partial charge is 0.411 e. The van der Waals surface area contributed by atoms with E-state index in [0.717, 1.165) is 44.5 Å². The van der Waals surface area contributed by atoms with Crippen molar-refractivity contribution in [3.63, 3.8) is 0 Å². The molecular formula is C11H20N2O. The predicted molar refractivity (Wildman–Crippen MR) is 58.9 cm³/mol. The summed E-state index contributed by atoms with van der Waals surface area (Å²) >= 11 is 0. The molecule has 0 atom stereocenters. The average molecular weight is 196 g/mol. The van der Waals surface area contributed by atoms with Crippen LogP contribution in [-0.2, 0) is 0 Å². The van der Waals surface area contributed by atoms with E-state index < -0.39 is 0 Å². The molecule has 0 fully saturated rings. The van der Waals surface area contributed by atoms with Gasteiger partial charge in [-0.05, 0) is 31.9 Å². The summed E-state index contributed by atoms with van der Waals surface area (Å²) in [4.78, 5) is 2.26. The molecule has 3 heteroatoms. The van der Waals surface area contributed by atoms with Crippen LogP contribution in [0.3, 0.4) is 0 Å². The van der Waals surface area contributed by atoms with E-state index in [-0.39, 0.29) is 0 Å². The number of rotatable bonds is 4. The molecule has 0 aromatic heterocycles. The van der Waals surface area contributed by atoms with Gasteiger partial charge in [0.2, 0.25) is 0 Å². The molecule has 0 bridgehead atoms. The topological polar surface area (TPSA) is 35.8 Å².